The number of hydrogen-bond acceptors (Lipinski definition) is 26. The van der Waals surface area contributed by atoms with E-state index in [1.807, 2.05) is 99.9 Å². The predicted molar refractivity (Wildman–Crippen MR) is 509 cm³/mol. The van der Waals surface area contributed by atoms with E-state index >= 15 is 0 Å². The van der Waals surface area contributed by atoms with Crippen LogP contribution in [0.4, 0.5) is 0 Å². The number of nitrogens with zero attached hydrogens (tertiary/aromatic N) is 2. The molecule has 8 aromatic rings. The SMILES string of the molecule is Brc1cccs1.Brc1cccs1.CCCCC(CC)CC(C)(C(=O)Cl)C(=O)Cl.CCCCC(CC)CC(C)(C(=O)c1cccs1)C(=O)c1cccs1.CCCCC(CC)CC1(C)C(c2cccs2)=NN=C1c1cccs1.COCCOCCC(C)(C(=O)Cl)C(=O)Cl.COCCOCCC(C)(C(=O)c1cccs1)C(=O)c1cccs1.NN.NN. The molecule has 0 radical (unpaired) electrons. The highest BCUT2D eigenvalue weighted by molar-refractivity contribution is 9.11. The van der Waals surface area contributed by atoms with Crippen molar-refractivity contribution in [2.75, 3.05) is 53.9 Å². The zero-order chi connectivity index (χ0) is 88.8. The molecule has 0 aliphatic carbocycles. The molecule has 3 unspecified atom stereocenters. The fraction of sp³-hybridized carbons (Fsp3) is 0.512. The summed E-state index contributed by atoms with van der Waals surface area (Å²) in [6.45, 7) is 24.3. The van der Waals surface area contributed by atoms with Gasteiger partial charge in [-0.2, -0.15) is 10.2 Å². The molecule has 0 fully saturated rings. The number of hydrogen-bond donors (Lipinski definition) is 4. The Morgan fingerprint density at radius 2 is 0.686 bits per heavy atom. The van der Waals surface area contributed by atoms with Gasteiger partial charge < -0.3 is 18.9 Å². The van der Waals surface area contributed by atoms with Gasteiger partial charge in [0.25, 0.3) is 0 Å². The van der Waals surface area contributed by atoms with Crippen LogP contribution < -0.4 is 23.4 Å². The average Bonchev–Trinajstić information content (AvgIpc) is 1.61. The van der Waals surface area contributed by atoms with Gasteiger partial charge in [0.2, 0.25) is 21.0 Å². The van der Waals surface area contributed by atoms with E-state index < -0.39 is 42.6 Å². The highest BCUT2D eigenvalue weighted by Crippen LogP contribution is 2.44. The van der Waals surface area contributed by atoms with Crippen LogP contribution in [0.15, 0.2) is 158 Å². The summed E-state index contributed by atoms with van der Waals surface area (Å²) in [5.74, 6) is 17.1. The number of methoxy groups -OCH3 is 2. The maximum absolute atomic E-state index is 13.2. The first-order valence-electron chi connectivity index (χ1n) is 39.0. The van der Waals surface area contributed by atoms with Gasteiger partial charge in [-0.1, -0.05) is 167 Å². The molecule has 9 rings (SSSR count). The molecule has 8 aromatic heterocycles. The topological polar surface area (TPSA) is 302 Å². The van der Waals surface area contributed by atoms with E-state index in [1.165, 1.54) is 102 Å². The number of hydrazine groups is 2. The molecule has 18 nitrogen and oxygen atoms in total. The normalized spacial score (nSPS) is 12.8. The van der Waals surface area contributed by atoms with Crippen LogP contribution in [0.25, 0.3) is 0 Å². The van der Waals surface area contributed by atoms with E-state index in [0.29, 0.717) is 83.6 Å². The first-order chi connectivity index (χ1) is 56.4. The Morgan fingerprint density at radius 1 is 0.398 bits per heavy atom. The lowest BCUT2D eigenvalue weighted by atomic mass is 9.71. The molecular weight excluding hydrogens is 1870 g/mol. The van der Waals surface area contributed by atoms with Crippen LogP contribution in [0.5, 0.6) is 0 Å². The Labute approximate surface area is 768 Å². The van der Waals surface area contributed by atoms with Gasteiger partial charge in [0.05, 0.1) is 90.9 Å². The summed E-state index contributed by atoms with van der Waals surface area (Å²) >= 11 is 40.6. The van der Waals surface area contributed by atoms with E-state index in [-0.39, 0.29) is 41.6 Å². The van der Waals surface area contributed by atoms with Crippen molar-refractivity contribution in [2.24, 2.45) is 78.4 Å². The van der Waals surface area contributed by atoms with Crippen LogP contribution in [0.3, 0.4) is 0 Å². The number of carbonyl (C=O) groups excluding carboxylic acids is 8. The number of carbonyl (C=O) groups is 8. The standard InChI is InChI=1S/C20H26N2S2.C20H26O2S2.C17H20O4S2.C12H20Cl2O2.C9H14Cl2O4.2C4H3BrS.2H4N2/c1-4-6-9-15(5-2)14-20(3)18(16-10-7-12-23-16)21-22-19(20)17-11-8-13-24-17;1-4-6-9-15(5-2)14-20(3,18(21)16-10-7-12-23-16)19(22)17-11-8-13-24-17;1-17(7-8-21-10-9-20-2,15(18)13-5-3-11-22-13)16(19)14-6-4-12-23-14;1-4-6-7-9(5-2)8-12(3,10(13)15)11(14)16;1-9(7(10)12,8(11)13)3-4-15-6-5-14-2;2*5-4-2-1-3-6-4;2*1-2/h2*7-8,10-13,15H,4-6,9,14H2,1-3H3;3-6,11-12H,7-10H2,1-2H3;9H,4-8H2,1-3H3;3-6H2,1-2H3;2*1-3H;2*1-2H2. The molecule has 1 aliphatic heterocycles. The summed E-state index contributed by atoms with van der Waals surface area (Å²) in [5.41, 5.74) is -2.42. The van der Waals surface area contributed by atoms with Gasteiger partial charge in [0.1, 0.15) is 10.8 Å². The van der Waals surface area contributed by atoms with Gasteiger partial charge in [0.15, 0.2) is 23.1 Å². The van der Waals surface area contributed by atoms with Crippen molar-refractivity contribution in [3.8, 4) is 0 Å². The molecule has 0 spiro atoms. The Hall–Kier alpha value is -3.90. The number of unbranched alkanes of at least 4 members (excludes halogenated alkanes) is 3. The first-order valence-corrected chi connectivity index (χ1v) is 49.1. The third-order valence-corrected chi connectivity index (χ3v) is 29.4. The van der Waals surface area contributed by atoms with Crippen molar-refractivity contribution < 1.29 is 57.3 Å². The zero-order valence-corrected chi connectivity index (χ0v) is 82.7. The zero-order valence-electron chi connectivity index (χ0n) is 70.0. The minimum Gasteiger partial charge on any atom is -0.382 e. The molecular formula is C86H120Br2Cl4N6O12S8. The Bertz CT molecular complexity index is 3840. The third kappa shape index (κ3) is 38.3. The fourth-order valence-corrected chi connectivity index (χ4v) is 19.5. The maximum Gasteiger partial charge on any atom is 0.236 e. The molecule has 0 aromatic carbocycles. The summed E-state index contributed by atoms with van der Waals surface area (Å²) < 4.78 is 22.7. The van der Waals surface area contributed by atoms with Gasteiger partial charge in [-0.3, -0.25) is 61.7 Å². The second kappa shape index (κ2) is 63.1. The van der Waals surface area contributed by atoms with Crippen LogP contribution in [0.2, 0.25) is 0 Å². The number of thiophene rings is 8. The van der Waals surface area contributed by atoms with E-state index in [9.17, 15) is 38.4 Å². The number of nitrogens with two attached hydrogens (primary N) is 4. The lowest BCUT2D eigenvalue weighted by molar-refractivity contribution is -0.132. The number of ether oxygens (including phenoxy) is 4. The summed E-state index contributed by atoms with van der Waals surface area (Å²) in [7, 11) is 3.16. The lowest BCUT2D eigenvalue weighted by Gasteiger charge is -2.31. The van der Waals surface area contributed by atoms with Gasteiger partial charge in [-0.25, -0.2) is 0 Å². The van der Waals surface area contributed by atoms with Crippen molar-refractivity contribution in [2.45, 2.75) is 185 Å². The van der Waals surface area contributed by atoms with Gasteiger partial charge in [-0.15, -0.1) is 90.7 Å². The second-order valence-electron chi connectivity index (χ2n) is 28.2. The highest BCUT2D eigenvalue weighted by Gasteiger charge is 2.47. The van der Waals surface area contributed by atoms with E-state index in [1.54, 1.807) is 78.6 Å². The van der Waals surface area contributed by atoms with E-state index in [2.05, 4.69) is 149 Å². The van der Waals surface area contributed by atoms with Crippen molar-refractivity contribution in [3.63, 3.8) is 0 Å². The quantitative estimate of drug-likeness (QED) is 0.00689. The number of rotatable bonds is 44. The van der Waals surface area contributed by atoms with Crippen LogP contribution in [0, 0.1) is 44.8 Å². The summed E-state index contributed by atoms with van der Waals surface area (Å²) in [6.07, 6.45) is 16.4. The van der Waals surface area contributed by atoms with Crippen LogP contribution in [0.1, 0.15) is 234 Å². The molecule has 8 N–H and O–H groups in total. The second-order valence-corrected chi connectivity index (χ2v) is 40.0. The third-order valence-electron chi connectivity index (χ3n) is 19.6. The van der Waals surface area contributed by atoms with Crippen LogP contribution in [-0.4, -0.2) is 109 Å². The molecule has 118 heavy (non-hydrogen) atoms. The molecule has 9 heterocycles. The molecule has 32 heteroatoms. The van der Waals surface area contributed by atoms with Crippen molar-refractivity contribution in [3.05, 3.63) is 177 Å². The van der Waals surface area contributed by atoms with E-state index in [0.717, 1.165) is 75.1 Å². The monoisotopic (exact) mass is 1980 g/mol. The van der Waals surface area contributed by atoms with Crippen LogP contribution >= 0.6 is 169 Å². The number of Topliss-reactive ketones (excluding diaryl/α,β-unsaturated/α-hetero) is 4. The maximum atomic E-state index is 13.2. The molecule has 0 bridgehead atoms. The Kier molecular flexibility index (Phi) is 59.9. The van der Waals surface area contributed by atoms with Gasteiger partial charge >= 0.3 is 0 Å². The molecule has 0 saturated heterocycles. The van der Waals surface area contributed by atoms with Crippen LogP contribution in [-0.2, 0) is 38.1 Å². The molecule has 0 amide bonds. The van der Waals surface area contributed by atoms with Gasteiger partial charge in [0, 0.05) is 27.4 Å². The highest BCUT2D eigenvalue weighted by atomic mass is 79.9. The summed E-state index contributed by atoms with van der Waals surface area (Å²) in [4.78, 5) is 102. The predicted octanol–water partition coefficient (Wildman–Crippen LogP) is 25.4. The smallest absolute Gasteiger partial charge is 0.236 e. The number of ketones is 4. The van der Waals surface area contributed by atoms with Crippen molar-refractivity contribution >= 4 is 224 Å². The first kappa shape index (κ1) is 112. The Balaban J connectivity index is 0.000000710. The lowest BCUT2D eigenvalue weighted by Crippen LogP contribution is -2.38. The summed E-state index contributed by atoms with van der Waals surface area (Å²) in [5, 5.41) is 22.3. The van der Waals surface area contributed by atoms with Gasteiger partial charge in [-0.05, 0) is 254 Å². The summed E-state index contributed by atoms with van der Waals surface area (Å²) in [6, 6.07) is 31.2. The molecule has 0 saturated carbocycles. The van der Waals surface area contributed by atoms with Crippen molar-refractivity contribution in [1.82, 2.24) is 0 Å². The fourth-order valence-electron chi connectivity index (χ4n) is 12.1. The minimum absolute atomic E-state index is 0.0224. The minimum atomic E-state index is -1.36. The number of halogens is 6. The Morgan fingerprint density at radius 3 is 0.941 bits per heavy atom. The molecule has 3 atom stereocenters. The molecule has 1 aliphatic rings. The molecule has 656 valence electrons. The average molecular weight is 1990 g/mol. The van der Waals surface area contributed by atoms with Crippen molar-refractivity contribution in [1.29, 1.82) is 0 Å². The largest absolute Gasteiger partial charge is 0.382 e. The van der Waals surface area contributed by atoms with E-state index in [4.69, 9.17) is 65.4 Å².